The van der Waals surface area contributed by atoms with Gasteiger partial charge in [-0.25, -0.2) is 4.84 Å². The maximum Gasteiger partial charge on any atom is 0.281 e. The van der Waals surface area contributed by atoms with E-state index in [4.69, 9.17) is 14.7 Å². The first-order chi connectivity index (χ1) is 12.2. The summed E-state index contributed by atoms with van der Waals surface area (Å²) in [6.45, 7) is 0.646. The van der Waals surface area contributed by atoms with Crippen LogP contribution in [0, 0.1) is 27.2 Å². The zero-order chi connectivity index (χ0) is 19.6. The number of hydrogen-bond acceptors (Lipinski definition) is 11. The first kappa shape index (κ1) is 19.9. The molecule has 1 aromatic carbocycles. The Morgan fingerprint density at radius 2 is 1.81 bits per heavy atom. The van der Waals surface area contributed by atoms with Crippen molar-refractivity contribution >= 4 is 17.1 Å². The molecule has 0 radical (unpaired) electrons. The monoisotopic (exact) mass is 375 g/mol. The zero-order valence-corrected chi connectivity index (χ0v) is 13.4. The Morgan fingerprint density at radius 3 is 2.35 bits per heavy atom. The minimum Gasteiger partial charge on any atom is -0.394 e. The van der Waals surface area contributed by atoms with E-state index in [2.05, 4.69) is 5.48 Å². The molecule has 26 heavy (non-hydrogen) atoms. The molecule has 13 nitrogen and oxygen atoms in total. The third-order valence-electron chi connectivity index (χ3n) is 3.91. The number of aliphatic hydroxyl groups is 4. The summed E-state index contributed by atoms with van der Waals surface area (Å²) >= 11 is 0. The summed E-state index contributed by atoms with van der Waals surface area (Å²) in [6.07, 6.45) is -7.78. The van der Waals surface area contributed by atoms with Crippen molar-refractivity contribution in [1.29, 1.82) is 0 Å². The lowest BCUT2D eigenvalue weighted by atomic mass is 9.99. The number of ether oxygens (including phenoxy) is 1. The lowest BCUT2D eigenvalue weighted by Crippen LogP contribution is -2.59. The van der Waals surface area contributed by atoms with E-state index in [1.807, 2.05) is 0 Å². The molecule has 1 heterocycles. The van der Waals surface area contributed by atoms with E-state index in [9.17, 15) is 35.5 Å². The Morgan fingerprint density at radius 1 is 1.15 bits per heavy atom. The normalized spacial score (nSPS) is 28.6. The second-order valence-corrected chi connectivity index (χ2v) is 5.57. The molecule has 1 aliphatic heterocycles. The second kappa shape index (κ2) is 7.86. The van der Waals surface area contributed by atoms with E-state index < -0.39 is 58.5 Å². The summed E-state index contributed by atoms with van der Waals surface area (Å²) in [4.78, 5) is 25.3. The molecule has 13 heteroatoms. The van der Waals surface area contributed by atoms with Gasteiger partial charge in [-0.3, -0.25) is 25.7 Å². The molecule has 1 fully saturated rings. The lowest BCUT2D eigenvalue weighted by molar-refractivity contribution is -0.394. The van der Waals surface area contributed by atoms with E-state index in [1.54, 1.807) is 0 Å². The molecule has 1 aromatic rings. The van der Waals surface area contributed by atoms with Crippen LogP contribution in [0.4, 0.5) is 17.1 Å². The van der Waals surface area contributed by atoms with Crippen LogP contribution in [0.2, 0.25) is 0 Å². The number of hydrogen-bond donors (Lipinski definition) is 5. The molecular weight excluding hydrogens is 358 g/mol. The maximum absolute atomic E-state index is 11.0. The van der Waals surface area contributed by atoms with Crippen LogP contribution in [0.1, 0.15) is 5.56 Å². The molecule has 0 amide bonds. The van der Waals surface area contributed by atoms with E-state index >= 15 is 0 Å². The van der Waals surface area contributed by atoms with Gasteiger partial charge in [-0.1, -0.05) is 0 Å². The summed E-state index contributed by atoms with van der Waals surface area (Å²) in [5, 5.41) is 60.3. The van der Waals surface area contributed by atoms with Gasteiger partial charge in [0, 0.05) is 6.07 Å². The Kier molecular flexibility index (Phi) is 6.01. The standard InChI is InChI=1S/C13H17N3O10/c1-5-7(2-6(15(21)22)3-8(5)16(23)24)14-26-13-12(20)11(19)10(18)9(4-17)25-13/h2-3,9-14,17-20H,4H2,1H3/t9-,10-,11+,12-,13+/m1/s1. The molecule has 0 aromatic heterocycles. The number of aliphatic hydroxyl groups excluding tert-OH is 4. The highest BCUT2D eigenvalue weighted by Crippen LogP contribution is 2.32. The molecule has 0 bridgehead atoms. The van der Waals surface area contributed by atoms with Gasteiger partial charge in [-0.15, -0.1) is 0 Å². The summed E-state index contributed by atoms with van der Waals surface area (Å²) in [6, 6.07) is 1.76. The van der Waals surface area contributed by atoms with E-state index in [1.165, 1.54) is 6.92 Å². The van der Waals surface area contributed by atoms with Crippen molar-refractivity contribution in [3.63, 3.8) is 0 Å². The van der Waals surface area contributed by atoms with Crippen molar-refractivity contribution in [3.05, 3.63) is 37.9 Å². The van der Waals surface area contributed by atoms with Crippen molar-refractivity contribution < 1.29 is 39.8 Å². The van der Waals surface area contributed by atoms with Crippen LogP contribution >= 0.6 is 0 Å². The van der Waals surface area contributed by atoms with Gasteiger partial charge in [0.2, 0.25) is 6.29 Å². The first-order valence-corrected chi connectivity index (χ1v) is 7.33. The SMILES string of the molecule is Cc1c(NO[C@@H]2O[C@H](CO)[C@@H](O)[C@H](O)[C@H]2O)cc([N+](=O)[O-])cc1[N+](=O)[O-]. The molecule has 144 valence electrons. The number of nitrogens with one attached hydrogen (secondary N) is 1. The molecule has 1 saturated heterocycles. The van der Waals surface area contributed by atoms with Gasteiger partial charge in [-0.05, 0) is 6.92 Å². The predicted molar refractivity (Wildman–Crippen MR) is 83.0 cm³/mol. The third kappa shape index (κ3) is 3.87. The summed E-state index contributed by atoms with van der Waals surface area (Å²) in [5.41, 5.74) is 1.00. The van der Waals surface area contributed by atoms with Crippen molar-refractivity contribution in [3.8, 4) is 0 Å². The van der Waals surface area contributed by atoms with Crippen LogP contribution < -0.4 is 5.48 Å². The molecule has 2 rings (SSSR count). The van der Waals surface area contributed by atoms with Gasteiger partial charge >= 0.3 is 0 Å². The number of anilines is 1. The lowest BCUT2D eigenvalue weighted by Gasteiger charge is -2.39. The fourth-order valence-electron chi connectivity index (χ4n) is 2.37. The van der Waals surface area contributed by atoms with E-state index in [0.29, 0.717) is 0 Å². The van der Waals surface area contributed by atoms with Gasteiger partial charge in [-0.2, -0.15) is 0 Å². The summed E-state index contributed by atoms with van der Waals surface area (Å²) in [5.74, 6) is 0. The quantitative estimate of drug-likeness (QED) is 0.300. The highest BCUT2D eigenvalue weighted by atomic mass is 16.8. The highest BCUT2D eigenvalue weighted by molar-refractivity contribution is 5.64. The van der Waals surface area contributed by atoms with Gasteiger partial charge < -0.3 is 25.2 Å². The summed E-state index contributed by atoms with van der Waals surface area (Å²) < 4.78 is 5.09. The Labute approximate surface area is 145 Å². The fourth-order valence-corrected chi connectivity index (χ4v) is 2.37. The van der Waals surface area contributed by atoms with Crippen molar-refractivity contribution in [1.82, 2.24) is 0 Å². The fraction of sp³-hybridized carbons (Fsp3) is 0.538. The van der Waals surface area contributed by atoms with E-state index in [0.717, 1.165) is 12.1 Å². The second-order valence-electron chi connectivity index (χ2n) is 5.57. The minimum atomic E-state index is -1.71. The molecule has 5 N–H and O–H groups in total. The van der Waals surface area contributed by atoms with Crippen LogP contribution in [-0.2, 0) is 9.57 Å². The van der Waals surface area contributed by atoms with Gasteiger partial charge in [0.25, 0.3) is 11.4 Å². The van der Waals surface area contributed by atoms with Crippen LogP contribution in [0.25, 0.3) is 0 Å². The molecular formula is C13H17N3O10. The van der Waals surface area contributed by atoms with Crippen LogP contribution in [0.5, 0.6) is 0 Å². The summed E-state index contributed by atoms with van der Waals surface area (Å²) in [7, 11) is 0. The first-order valence-electron chi connectivity index (χ1n) is 7.33. The highest BCUT2D eigenvalue weighted by Gasteiger charge is 2.44. The van der Waals surface area contributed by atoms with Crippen molar-refractivity contribution in [2.45, 2.75) is 37.6 Å². The minimum absolute atomic E-state index is 0.0187. The number of benzene rings is 1. The number of nitro benzene ring substituents is 2. The predicted octanol–water partition coefficient (Wildman–Crippen LogP) is -1.05. The topological polar surface area (TPSA) is 198 Å². The average Bonchev–Trinajstić information content (AvgIpc) is 2.59. The van der Waals surface area contributed by atoms with Crippen LogP contribution in [0.3, 0.4) is 0 Å². The van der Waals surface area contributed by atoms with E-state index in [-0.39, 0.29) is 11.3 Å². The van der Waals surface area contributed by atoms with Gasteiger partial charge in [0.15, 0.2) is 0 Å². The van der Waals surface area contributed by atoms with Crippen LogP contribution in [-0.4, -0.2) is 67.6 Å². The molecule has 0 saturated carbocycles. The zero-order valence-electron chi connectivity index (χ0n) is 13.4. The molecule has 0 aliphatic carbocycles. The Balaban J connectivity index is 2.23. The smallest absolute Gasteiger partial charge is 0.281 e. The number of rotatable bonds is 6. The number of nitro groups is 2. The van der Waals surface area contributed by atoms with Crippen LogP contribution in [0.15, 0.2) is 12.1 Å². The molecule has 5 atom stereocenters. The Bertz CT molecular complexity index is 697. The number of non-ortho nitro benzene ring substituents is 1. The largest absolute Gasteiger partial charge is 0.394 e. The molecule has 1 aliphatic rings. The third-order valence-corrected chi connectivity index (χ3v) is 3.91. The molecule has 0 spiro atoms. The van der Waals surface area contributed by atoms with Crippen molar-refractivity contribution in [2.24, 2.45) is 0 Å². The Hall–Kier alpha value is -2.42. The number of nitrogens with zero attached hydrogens (tertiary/aromatic N) is 2. The van der Waals surface area contributed by atoms with Gasteiger partial charge in [0.05, 0.1) is 33.8 Å². The van der Waals surface area contributed by atoms with Gasteiger partial charge in [0.1, 0.15) is 24.4 Å². The molecule has 0 unspecified atom stereocenters. The maximum atomic E-state index is 11.0. The average molecular weight is 375 g/mol. The van der Waals surface area contributed by atoms with Crippen molar-refractivity contribution in [2.75, 3.05) is 12.1 Å².